The van der Waals surface area contributed by atoms with Crippen LogP contribution < -0.4 is 10.2 Å². The van der Waals surface area contributed by atoms with Crippen LogP contribution in [-0.2, 0) is 15.1 Å². The highest BCUT2D eigenvalue weighted by Gasteiger charge is 2.51. The summed E-state index contributed by atoms with van der Waals surface area (Å²) in [4.78, 5) is 41.6. The molecule has 4 rings (SSSR count). The van der Waals surface area contributed by atoms with Crippen molar-refractivity contribution in [2.45, 2.75) is 50.6 Å². The van der Waals surface area contributed by atoms with Gasteiger partial charge in [0.25, 0.3) is 5.91 Å². The molecule has 1 aliphatic heterocycles. The Balaban J connectivity index is 1.57. The Bertz CT molecular complexity index is 890. The highest BCUT2D eigenvalue weighted by Crippen LogP contribution is 2.31. The van der Waals surface area contributed by atoms with Crippen molar-refractivity contribution in [2.75, 3.05) is 11.4 Å². The van der Waals surface area contributed by atoms with Gasteiger partial charge in [-0.25, -0.2) is 4.79 Å². The monoisotopic (exact) mass is 395 g/mol. The third kappa shape index (κ3) is 3.52. The molecule has 7 nitrogen and oxygen atoms in total. The van der Waals surface area contributed by atoms with E-state index in [1.807, 2.05) is 30.3 Å². The fourth-order valence-electron chi connectivity index (χ4n) is 4.27. The Labute approximate surface area is 169 Å². The Hall–Kier alpha value is -3.09. The van der Waals surface area contributed by atoms with Crippen molar-refractivity contribution >= 4 is 23.5 Å². The number of para-hydroxylation sites is 1. The Morgan fingerprint density at radius 1 is 1.14 bits per heavy atom. The number of anilines is 1. The fraction of sp³-hybridized carbons (Fsp3) is 0.409. The molecule has 1 atom stereocenters. The van der Waals surface area contributed by atoms with Crippen molar-refractivity contribution in [1.29, 1.82) is 0 Å². The summed E-state index contributed by atoms with van der Waals surface area (Å²) in [7, 11) is 0. The number of carbonyl (C=O) groups excluding carboxylic acids is 3. The van der Waals surface area contributed by atoms with Crippen molar-refractivity contribution < 1.29 is 18.8 Å². The van der Waals surface area contributed by atoms with Crippen LogP contribution in [0.5, 0.6) is 0 Å². The number of nitrogens with zero attached hydrogens (tertiary/aromatic N) is 2. The molecule has 2 aromatic rings. The minimum absolute atomic E-state index is 0.0795. The molecule has 2 aliphatic rings. The number of nitrogens with one attached hydrogen (secondary N) is 1. The van der Waals surface area contributed by atoms with Gasteiger partial charge >= 0.3 is 6.03 Å². The first-order chi connectivity index (χ1) is 14.0. The smallest absolute Gasteiger partial charge is 0.325 e. The molecule has 1 aromatic heterocycles. The zero-order valence-corrected chi connectivity index (χ0v) is 16.5. The van der Waals surface area contributed by atoms with Gasteiger partial charge in [-0.1, -0.05) is 37.5 Å². The van der Waals surface area contributed by atoms with E-state index < -0.39 is 17.5 Å². The molecule has 7 heteroatoms. The van der Waals surface area contributed by atoms with Gasteiger partial charge in [0.1, 0.15) is 12.3 Å². The van der Waals surface area contributed by atoms with Crippen LogP contribution in [0.4, 0.5) is 10.5 Å². The van der Waals surface area contributed by atoms with Crippen molar-refractivity contribution in [3.63, 3.8) is 0 Å². The molecule has 152 valence electrons. The van der Waals surface area contributed by atoms with E-state index in [1.165, 1.54) is 12.7 Å². The second-order valence-corrected chi connectivity index (χ2v) is 7.81. The summed E-state index contributed by atoms with van der Waals surface area (Å²) < 4.78 is 5.35. The van der Waals surface area contributed by atoms with Crippen LogP contribution in [0.1, 0.15) is 44.8 Å². The number of hydrogen-bond acceptors (Lipinski definition) is 4. The maximum atomic E-state index is 13.3. The highest BCUT2D eigenvalue weighted by molar-refractivity contribution is 6.10. The van der Waals surface area contributed by atoms with Gasteiger partial charge in [0, 0.05) is 11.7 Å². The average Bonchev–Trinajstić information content (AvgIpc) is 3.35. The standard InChI is InChI=1S/C22H25N3O4/c1-22(18-13-8-14-29-18)20(27)24(21(28)23-22)15-19(26)25(16-9-4-2-5-10-16)17-11-6-3-7-12-17/h2,4-5,8-10,13-14,17H,3,6-7,11-12,15H2,1H3,(H,23,28). The van der Waals surface area contributed by atoms with Crippen LogP contribution >= 0.6 is 0 Å². The van der Waals surface area contributed by atoms with Crippen LogP contribution in [0.25, 0.3) is 0 Å². The molecule has 0 radical (unpaired) electrons. The van der Waals surface area contributed by atoms with Gasteiger partial charge in [-0.15, -0.1) is 0 Å². The van der Waals surface area contributed by atoms with Crippen LogP contribution in [-0.4, -0.2) is 35.3 Å². The molecular weight excluding hydrogens is 370 g/mol. The summed E-state index contributed by atoms with van der Waals surface area (Å²) in [5, 5.41) is 2.67. The number of carbonyl (C=O) groups is 3. The first-order valence-corrected chi connectivity index (χ1v) is 10.1. The lowest BCUT2D eigenvalue weighted by molar-refractivity contribution is -0.134. The molecule has 1 saturated carbocycles. The lowest BCUT2D eigenvalue weighted by atomic mass is 9.93. The third-order valence-corrected chi connectivity index (χ3v) is 5.83. The van der Waals surface area contributed by atoms with Gasteiger partial charge in [-0.2, -0.15) is 0 Å². The molecule has 4 amide bonds. The number of imide groups is 1. The van der Waals surface area contributed by atoms with E-state index in [4.69, 9.17) is 4.42 Å². The van der Waals surface area contributed by atoms with E-state index in [0.29, 0.717) is 5.76 Å². The van der Waals surface area contributed by atoms with Crippen molar-refractivity contribution in [2.24, 2.45) is 0 Å². The molecule has 1 saturated heterocycles. The number of amides is 4. The normalized spacial score (nSPS) is 22.6. The first-order valence-electron chi connectivity index (χ1n) is 10.1. The molecular formula is C22H25N3O4. The van der Waals surface area contributed by atoms with E-state index in [0.717, 1.165) is 36.3 Å². The maximum Gasteiger partial charge on any atom is 0.325 e. The molecule has 1 aliphatic carbocycles. The van der Waals surface area contributed by atoms with E-state index >= 15 is 0 Å². The SMILES string of the molecule is CC1(c2ccco2)NC(=O)N(CC(=O)N(c2ccccc2)C2CCCCC2)C1=O. The van der Waals surface area contributed by atoms with Gasteiger partial charge in [-0.05, 0) is 44.0 Å². The molecule has 1 unspecified atom stereocenters. The maximum absolute atomic E-state index is 13.3. The van der Waals surface area contributed by atoms with E-state index in [2.05, 4.69) is 5.32 Å². The Morgan fingerprint density at radius 3 is 2.52 bits per heavy atom. The molecule has 1 aromatic carbocycles. The third-order valence-electron chi connectivity index (χ3n) is 5.83. The minimum atomic E-state index is -1.30. The predicted molar refractivity (Wildman–Crippen MR) is 107 cm³/mol. The first kappa shape index (κ1) is 19.2. The summed E-state index contributed by atoms with van der Waals surface area (Å²) in [6.45, 7) is 1.29. The number of rotatable bonds is 5. The fourth-order valence-corrected chi connectivity index (χ4v) is 4.27. The Kier molecular flexibility index (Phi) is 5.13. The van der Waals surface area contributed by atoms with Crippen LogP contribution in [0.2, 0.25) is 0 Å². The number of urea groups is 1. The molecule has 0 bridgehead atoms. The lowest BCUT2D eigenvalue weighted by Crippen LogP contribution is -2.48. The van der Waals surface area contributed by atoms with Gasteiger partial charge in [-0.3, -0.25) is 14.5 Å². The van der Waals surface area contributed by atoms with E-state index in [9.17, 15) is 14.4 Å². The summed E-state index contributed by atoms with van der Waals surface area (Å²) in [5.41, 5.74) is -0.506. The Morgan fingerprint density at radius 2 is 1.86 bits per heavy atom. The second kappa shape index (κ2) is 7.73. The van der Waals surface area contributed by atoms with Crippen LogP contribution in [0.3, 0.4) is 0 Å². The van der Waals surface area contributed by atoms with Gasteiger partial charge < -0.3 is 14.6 Å². The van der Waals surface area contributed by atoms with Crippen molar-refractivity contribution in [3.8, 4) is 0 Å². The lowest BCUT2D eigenvalue weighted by Gasteiger charge is -2.35. The molecule has 1 N–H and O–H groups in total. The minimum Gasteiger partial charge on any atom is -0.466 e. The van der Waals surface area contributed by atoms with Crippen molar-refractivity contribution in [3.05, 3.63) is 54.5 Å². The molecule has 29 heavy (non-hydrogen) atoms. The van der Waals surface area contributed by atoms with Crippen LogP contribution in [0.15, 0.2) is 53.1 Å². The topological polar surface area (TPSA) is 82.9 Å². The number of benzene rings is 1. The molecule has 2 heterocycles. The highest BCUT2D eigenvalue weighted by atomic mass is 16.3. The summed E-state index contributed by atoms with van der Waals surface area (Å²) in [5.74, 6) is -0.393. The van der Waals surface area contributed by atoms with Gasteiger partial charge in [0.15, 0.2) is 5.54 Å². The summed E-state index contributed by atoms with van der Waals surface area (Å²) in [6, 6.07) is 12.3. The zero-order valence-electron chi connectivity index (χ0n) is 16.5. The summed E-state index contributed by atoms with van der Waals surface area (Å²) in [6.07, 6.45) is 6.60. The van der Waals surface area contributed by atoms with Crippen molar-refractivity contribution in [1.82, 2.24) is 10.2 Å². The largest absolute Gasteiger partial charge is 0.466 e. The zero-order chi connectivity index (χ0) is 20.4. The average molecular weight is 395 g/mol. The summed E-state index contributed by atoms with van der Waals surface area (Å²) >= 11 is 0. The van der Waals surface area contributed by atoms with Crippen LogP contribution in [0, 0.1) is 0 Å². The van der Waals surface area contributed by atoms with E-state index in [-0.39, 0.29) is 18.5 Å². The number of hydrogen-bond donors (Lipinski definition) is 1. The van der Waals surface area contributed by atoms with Gasteiger partial charge in [0.05, 0.1) is 6.26 Å². The quantitative estimate of drug-likeness (QED) is 0.787. The molecule has 2 fully saturated rings. The second-order valence-electron chi connectivity index (χ2n) is 7.81. The molecule has 0 spiro atoms. The number of furan rings is 1. The van der Waals surface area contributed by atoms with Gasteiger partial charge in [0.2, 0.25) is 5.91 Å². The van der Waals surface area contributed by atoms with E-state index in [1.54, 1.807) is 24.0 Å². The predicted octanol–water partition coefficient (Wildman–Crippen LogP) is 3.41.